The second-order valence-electron chi connectivity index (χ2n) is 4.34. The lowest BCUT2D eigenvalue weighted by atomic mass is 10.1. The van der Waals surface area contributed by atoms with Crippen molar-refractivity contribution in [3.8, 4) is 11.1 Å². The van der Waals surface area contributed by atoms with Crippen LogP contribution in [0.15, 0.2) is 54.6 Å². The molecular weight excluding hydrogens is 260 g/mol. The quantitative estimate of drug-likeness (QED) is 0.933. The molecule has 0 heterocycles. The van der Waals surface area contributed by atoms with E-state index in [4.69, 9.17) is 0 Å². The smallest absolute Gasteiger partial charge is 0.271 e. The summed E-state index contributed by atoms with van der Waals surface area (Å²) in [5.74, 6) is 0. The Kier molecular flexibility index (Phi) is 3.87. The SMILES string of the molecule is CN(C)S(=O)(=O)Nc1cccc(-c2ccccc2)c1. The maximum atomic E-state index is 11.8. The summed E-state index contributed by atoms with van der Waals surface area (Å²) in [6, 6.07) is 17.1. The van der Waals surface area contributed by atoms with Crippen LogP contribution in [0.2, 0.25) is 0 Å². The Morgan fingerprint density at radius 1 is 0.895 bits per heavy atom. The van der Waals surface area contributed by atoms with Crippen molar-refractivity contribution in [2.75, 3.05) is 18.8 Å². The molecule has 5 heteroatoms. The minimum absolute atomic E-state index is 0.551. The minimum atomic E-state index is -3.47. The Morgan fingerprint density at radius 2 is 1.53 bits per heavy atom. The highest BCUT2D eigenvalue weighted by molar-refractivity contribution is 7.90. The molecule has 0 aliphatic carbocycles. The molecule has 0 bridgehead atoms. The van der Waals surface area contributed by atoms with E-state index in [2.05, 4.69) is 4.72 Å². The maximum Gasteiger partial charge on any atom is 0.301 e. The largest absolute Gasteiger partial charge is 0.301 e. The fourth-order valence-corrected chi connectivity index (χ4v) is 2.24. The summed E-state index contributed by atoms with van der Waals surface area (Å²) in [6.07, 6.45) is 0. The summed E-state index contributed by atoms with van der Waals surface area (Å²) >= 11 is 0. The van der Waals surface area contributed by atoms with Crippen LogP contribution < -0.4 is 4.72 Å². The number of nitrogens with one attached hydrogen (secondary N) is 1. The van der Waals surface area contributed by atoms with E-state index in [0.717, 1.165) is 15.4 Å². The van der Waals surface area contributed by atoms with E-state index in [9.17, 15) is 8.42 Å². The van der Waals surface area contributed by atoms with E-state index in [-0.39, 0.29) is 0 Å². The summed E-state index contributed by atoms with van der Waals surface area (Å²) in [4.78, 5) is 0. The van der Waals surface area contributed by atoms with Gasteiger partial charge in [-0.05, 0) is 23.3 Å². The zero-order chi connectivity index (χ0) is 13.9. The second kappa shape index (κ2) is 5.42. The van der Waals surface area contributed by atoms with Crippen molar-refractivity contribution < 1.29 is 8.42 Å². The van der Waals surface area contributed by atoms with Gasteiger partial charge in [-0.25, -0.2) is 0 Å². The number of rotatable bonds is 4. The first-order chi connectivity index (χ1) is 8.99. The van der Waals surface area contributed by atoms with E-state index in [0.29, 0.717) is 5.69 Å². The molecule has 0 unspecified atom stereocenters. The van der Waals surface area contributed by atoms with Gasteiger partial charge in [0.15, 0.2) is 0 Å². The lowest BCUT2D eigenvalue weighted by Gasteiger charge is -2.14. The van der Waals surface area contributed by atoms with Crippen LogP contribution in [-0.2, 0) is 10.2 Å². The molecule has 0 aromatic heterocycles. The molecule has 0 amide bonds. The summed E-state index contributed by atoms with van der Waals surface area (Å²) in [5, 5.41) is 0. The van der Waals surface area contributed by atoms with Gasteiger partial charge >= 0.3 is 10.2 Å². The Bertz CT molecular complexity index is 652. The monoisotopic (exact) mass is 276 g/mol. The lowest BCUT2D eigenvalue weighted by Crippen LogP contribution is -2.28. The van der Waals surface area contributed by atoms with Gasteiger partial charge in [-0.2, -0.15) is 12.7 Å². The number of anilines is 1. The summed E-state index contributed by atoms with van der Waals surface area (Å²) in [5.41, 5.74) is 2.57. The van der Waals surface area contributed by atoms with Crippen LogP contribution in [-0.4, -0.2) is 26.8 Å². The molecule has 2 aromatic carbocycles. The number of benzene rings is 2. The summed E-state index contributed by atoms with van der Waals surface area (Å²) in [6.45, 7) is 0. The zero-order valence-electron chi connectivity index (χ0n) is 10.9. The molecule has 2 rings (SSSR count). The van der Waals surface area contributed by atoms with E-state index >= 15 is 0 Å². The van der Waals surface area contributed by atoms with Crippen LogP contribution in [0, 0.1) is 0 Å². The average molecular weight is 276 g/mol. The molecule has 0 fully saturated rings. The van der Waals surface area contributed by atoms with Crippen molar-refractivity contribution in [1.82, 2.24) is 4.31 Å². The van der Waals surface area contributed by atoms with Gasteiger partial charge < -0.3 is 0 Å². The number of nitrogens with zero attached hydrogens (tertiary/aromatic N) is 1. The highest BCUT2D eigenvalue weighted by atomic mass is 32.2. The molecule has 0 aliphatic heterocycles. The van der Waals surface area contributed by atoms with Gasteiger partial charge in [0.1, 0.15) is 0 Å². The predicted molar refractivity (Wildman–Crippen MR) is 78.1 cm³/mol. The minimum Gasteiger partial charge on any atom is -0.271 e. The number of hydrogen-bond acceptors (Lipinski definition) is 2. The molecule has 4 nitrogen and oxygen atoms in total. The Labute approximate surface area is 113 Å². The molecular formula is C14H16N2O2S. The third-order valence-electron chi connectivity index (χ3n) is 2.70. The third-order valence-corrected chi connectivity index (χ3v) is 4.15. The normalized spacial score (nSPS) is 11.5. The van der Waals surface area contributed by atoms with Crippen molar-refractivity contribution in [1.29, 1.82) is 0 Å². The highest BCUT2D eigenvalue weighted by Crippen LogP contribution is 2.22. The van der Waals surface area contributed by atoms with Crippen LogP contribution in [0.25, 0.3) is 11.1 Å². The second-order valence-corrected chi connectivity index (χ2v) is 6.22. The van der Waals surface area contributed by atoms with E-state index in [1.807, 2.05) is 48.5 Å². The van der Waals surface area contributed by atoms with Crippen LogP contribution in [0.4, 0.5) is 5.69 Å². The molecule has 0 saturated heterocycles. The van der Waals surface area contributed by atoms with Gasteiger partial charge in [0.2, 0.25) is 0 Å². The first-order valence-corrected chi connectivity index (χ1v) is 7.29. The Hall–Kier alpha value is -1.85. The molecule has 0 aliphatic rings. The first-order valence-electron chi connectivity index (χ1n) is 5.85. The Balaban J connectivity index is 2.31. The summed E-state index contributed by atoms with van der Waals surface area (Å²) < 4.78 is 27.2. The van der Waals surface area contributed by atoms with Crippen molar-refractivity contribution in [3.05, 3.63) is 54.6 Å². The molecule has 0 radical (unpaired) electrons. The standard InChI is InChI=1S/C14H16N2O2S/c1-16(2)19(17,18)15-14-10-6-9-13(11-14)12-7-4-3-5-8-12/h3-11,15H,1-2H3. The molecule has 19 heavy (non-hydrogen) atoms. The summed E-state index contributed by atoms with van der Waals surface area (Å²) in [7, 11) is -0.488. The Morgan fingerprint density at radius 3 is 2.16 bits per heavy atom. The average Bonchev–Trinajstić information content (AvgIpc) is 2.39. The fraction of sp³-hybridized carbons (Fsp3) is 0.143. The van der Waals surface area contributed by atoms with Gasteiger partial charge in [-0.15, -0.1) is 0 Å². The third kappa shape index (κ3) is 3.33. The van der Waals surface area contributed by atoms with Crippen molar-refractivity contribution >= 4 is 15.9 Å². The van der Waals surface area contributed by atoms with Crippen molar-refractivity contribution in [3.63, 3.8) is 0 Å². The van der Waals surface area contributed by atoms with Gasteiger partial charge in [-0.3, -0.25) is 4.72 Å². The van der Waals surface area contributed by atoms with E-state index in [1.165, 1.54) is 14.1 Å². The van der Waals surface area contributed by atoms with Crippen molar-refractivity contribution in [2.45, 2.75) is 0 Å². The lowest BCUT2D eigenvalue weighted by molar-refractivity contribution is 0.527. The molecule has 0 atom stereocenters. The predicted octanol–water partition coefficient (Wildman–Crippen LogP) is 2.57. The number of hydrogen-bond donors (Lipinski definition) is 1. The molecule has 0 saturated carbocycles. The molecule has 0 spiro atoms. The first kappa shape index (κ1) is 13.6. The van der Waals surface area contributed by atoms with Crippen LogP contribution in [0.1, 0.15) is 0 Å². The van der Waals surface area contributed by atoms with Crippen LogP contribution in [0.3, 0.4) is 0 Å². The zero-order valence-corrected chi connectivity index (χ0v) is 11.7. The van der Waals surface area contributed by atoms with Gasteiger partial charge in [0, 0.05) is 14.1 Å². The maximum absolute atomic E-state index is 11.8. The highest BCUT2D eigenvalue weighted by Gasteiger charge is 2.12. The van der Waals surface area contributed by atoms with E-state index < -0.39 is 10.2 Å². The fourth-order valence-electron chi connectivity index (χ4n) is 1.63. The van der Waals surface area contributed by atoms with Crippen molar-refractivity contribution in [2.24, 2.45) is 0 Å². The molecule has 2 aromatic rings. The van der Waals surface area contributed by atoms with Crippen LogP contribution in [0.5, 0.6) is 0 Å². The van der Waals surface area contributed by atoms with E-state index in [1.54, 1.807) is 6.07 Å². The van der Waals surface area contributed by atoms with Crippen LogP contribution >= 0.6 is 0 Å². The van der Waals surface area contributed by atoms with Gasteiger partial charge in [0.05, 0.1) is 5.69 Å². The molecule has 1 N–H and O–H groups in total. The van der Waals surface area contributed by atoms with Gasteiger partial charge in [0.25, 0.3) is 0 Å². The molecule has 100 valence electrons. The topological polar surface area (TPSA) is 49.4 Å². The van der Waals surface area contributed by atoms with Gasteiger partial charge in [-0.1, -0.05) is 42.5 Å².